The molecule has 1 aromatic carbocycles. The van der Waals surface area contributed by atoms with E-state index >= 15 is 0 Å². The van der Waals surface area contributed by atoms with Crippen molar-refractivity contribution in [2.45, 2.75) is 32.3 Å². The summed E-state index contributed by atoms with van der Waals surface area (Å²) in [5, 5.41) is 9.24. The van der Waals surface area contributed by atoms with Gasteiger partial charge in [0.05, 0.1) is 0 Å². The second-order valence-corrected chi connectivity index (χ2v) is 5.10. The minimum absolute atomic E-state index is 0.371. The Balaban J connectivity index is 2.79. The highest BCUT2D eigenvalue weighted by Crippen LogP contribution is 2.20. The molecule has 0 heterocycles. The molecule has 0 aliphatic carbocycles. The van der Waals surface area contributed by atoms with Crippen LogP contribution < -0.4 is 0 Å². The second kappa shape index (κ2) is 6.17. The SMILES string of the molecule is CCCO[C@@](C)(Cc1ccc(Br)cc1)C(=O)O. The lowest BCUT2D eigenvalue weighted by atomic mass is 9.96. The Bertz CT molecular complexity index is 375. The lowest BCUT2D eigenvalue weighted by molar-refractivity contribution is -0.163. The molecule has 3 nitrogen and oxygen atoms in total. The number of carboxylic acid groups (broad SMARTS) is 1. The average Bonchev–Trinajstić information content (AvgIpc) is 2.29. The van der Waals surface area contributed by atoms with E-state index < -0.39 is 11.6 Å². The van der Waals surface area contributed by atoms with Crippen molar-refractivity contribution < 1.29 is 14.6 Å². The van der Waals surface area contributed by atoms with Gasteiger partial charge < -0.3 is 9.84 Å². The predicted octanol–water partition coefficient (Wildman–Crippen LogP) is 3.26. The third-order valence-electron chi connectivity index (χ3n) is 2.53. The maximum absolute atomic E-state index is 11.3. The van der Waals surface area contributed by atoms with Gasteiger partial charge in [0.15, 0.2) is 5.60 Å². The van der Waals surface area contributed by atoms with Gasteiger partial charge in [0.2, 0.25) is 0 Å². The Hall–Kier alpha value is -0.870. The third kappa shape index (κ3) is 4.13. The van der Waals surface area contributed by atoms with Crippen LogP contribution in [0.3, 0.4) is 0 Å². The fraction of sp³-hybridized carbons (Fsp3) is 0.462. The Morgan fingerprint density at radius 2 is 2.00 bits per heavy atom. The van der Waals surface area contributed by atoms with Gasteiger partial charge in [-0.2, -0.15) is 0 Å². The summed E-state index contributed by atoms with van der Waals surface area (Å²) >= 11 is 3.35. The first-order valence-corrected chi connectivity index (χ1v) is 6.39. The van der Waals surface area contributed by atoms with Gasteiger partial charge in [-0.3, -0.25) is 0 Å². The van der Waals surface area contributed by atoms with Gasteiger partial charge in [0, 0.05) is 17.5 Å². The summed E-state index contributed by atoms with van der Waals surface area (Å²) in [5.74, 6) is -0.922. The maximum Gasteiger partial charge on any atom is 0.336 e. The van der Waals surface area contributed by atoms with E-state index in [1.54, 1.807) is 6.92 Å². The smallest absolute Gasteiger partial charge is 0.336 e. The number of aliphatic carboxylic acids is 1. The molecule has 1 atom stereocenters. The van der Waals surface area contributed by atoms with Crippen LogP contribution in [0.25, 0.3) is 0 Å². The fourth-order valence-corrected chi connectivity index (χ4v) is 1.77. The van der Waals surface area contributed by atoms with Crippen LogP contribution >= 0.6 is 15.9 Å². The summed E-state index contributed by atoms with van der Waals surface area (Å²) in [5.41, 5.74) is -0.196. The third-order valence-corrected chi connectivity index (χ3v) is 3.06. The Morgan fingerprint density at radius 1 is 1.41 bits per heavy atom. The molecule has 1 rings (SSSR count). The van der Waals surface area contributed by atoms with Crippen LogP contribution in [0, 0.1) is 0 Å². The Labute approximate surface area is 110 Å². The number of hydrogen-bond acceptors (Lipinski definition) is 2. The van der Waals surface area contributed by atoms with Crippen molar-refractivity contribution >= 4 is 21.9 Å². The zero-order chi connectivity index (χ0) is 12.9. The van der Waals surface area contributed by atoms with E-state index in [2.05, 4.69) is 15.9 Å². The van der Waals surface area contributed by atoms with Crippen LogP contribution in [-0.2, 0) is 16.0 Å². The van der Waals surface area contributed by atoms with Crippen molar-refractivity contribution in [2.75, 3.05) is 6.61 Å². The summed E-state index contributed by atoms with van der Waals surface area (Å²) in [7, 11) is 0. The molecule has 0 aromatic heterocycles. The maximum atomic E-state index is 11.3. The van der Waals surface area contributed by atoms with Crippen molar-refractivity contribution in [3.63, 3.8) is 0 Å². The van der Waals surface area contributed by atoms with Crippen molar-refractivity contribution in [2.24, 2.45) is 0 Å². The van der Waals surface area contributed by atoms with Crippen LogP contribution in [0.15, 0.2) is 28.7 Å². The van der Waals surface area contributed by atoms with Gasteiger partial charge >= 0.3 is 5.97 Å². The molecule has 1 aromatic rings. The van der Waals surface area contributed by atoms with Crippen LogP contribution in [0.4, 0.5) is 0 Å². The Kier molecular flexibility index (Phi) is 5.15. The zero-order valence-corrected chi connectivity index (χ0v) is 11.7. The molecule has 0 radical (unpaired) electrons. The summed E-state index contributed by atoms with van der Waals surface area (Å²) < 4.78 is 6.44. The minimum Gasteiger partial charge on any atom is -0.479 e. The molecule has 0 aliphatic rings. The summed E-state index contributed by atoms with van der Waals surface area (Å²) in [4.78, 5) is 11.3. The highest BCUT2D eigenvalue weighted by atomic mass is 79.9. The van der Waals surface area contributed by atoms with Crippen LogP contribution in [0.2, 0.25) is 0 Å². The van der Waals surface area contributed by atoms with Crippen molar-refractivity contribution in [1.29, 1.82) is 0 Å². The van der Waals surface area contributed by atoms with Crippen molar-refractivity contribution in [1.82, 2.24) is 0 Å². The topological polar surface area (TPSA) is 46.5 Å². The minimum atomic E-state index is -1.15. The van der Waals surface area contributed by atoms with E-state index in [1.165, 1.54) is 0 Å². The molecule has 0 bridgehead atoms. The standard InChI is InChI=1S/C13H17BrO3/c1-3-8-17-13(2,12(15)16)9-10-4-6-11(14)7-5-10/h4-7H,3,8-9H2,1-2H3,(H,15,16)/t13-/m0/s1. The van der Waals surface area contributed by atoms with Crippen LogP contribution in [-0.4, -0.2) is 23.3 Å². The molecule has 0 spiro atoms. The molecule has 0 amide bonds. The number of benzene rings is 1. The molecule has 1 N–H and O–H groups in total. The van der Waals surface area contributed by atoms with E-state index in [-0.39, 0.29) is 0 Å². The lowest BCUT2D eigenvalue weighted by Gasteiger charge is -2.25. The molecule has 94 valence electrons. The first kappa shape index (κ1) is 14.2. The summed E-state index contributed by atoms with van der Waals surface area (Å²) in [6.45, 7) is 4.04. The zero-order valence-electron chi connectivity index (χ0n) is 10.1. The monoisotopic (exact) mass is 300 g/mol. The molecule has 17 heavy (non-hydrogen) atoms. The van der Waals surface area contributed by atoms with Crippen molar-refractivity contribution in [3.8, 4) is 0 Å². The van der Waals surface area contributed by atoms with E-state index in [1.807, 2.05) is 31.2 Å². The van der Waals surface area contributed by atoms with E-state index in [0.29, 0.717) is 13.0 Å². The highest BCUT2D eigenvalue weighted by molar-refractivity contribution is 9.10. The van der Waals surface area contributed by atoms with Gasteiger partial charge in [0.25, 0.3) is 0 Å². The number of ether oxygens (including phenoxy) is 1. The van der Waals surface area contributed by atoms with E-state index in [9.17, 15) is 9.90 Å². The van der Waals surface area contributed by atoms with E-state index in [0.717, 1.165) is 16.5 Å². The first-order valence-electron chi connectivity index (χ1n) is 5.60. The molecule has 0 saturated heterocycles. The lowest BCUT2D eigenvalue weighted by Crippen LogP contribution is -2.40. The van der Waals surface area contributed by atoms with E-state index in [4.69, 9.17) is 4.74 Å². The number of rotatable bonds is 6. The number of carbonyl (C=O) groups is 1. The number of halogens is 1. The van der Waals surface area contributed by atoms with Gasteiger partial charge in [-0.25, -0.2) is 4.79 Å². The molecule has 0 aliphatic heterocycles. The summed E-state index contributed by atoms with van der Waals surface area (Å²) in [6.07, 6.45) is 1.18. The normalized spacial score (nSPS) is 14.3. The molecule has 0 fully saturated rings. The molecule has 0 unspecified atom stereocenters. The number of hydrogen-bond donors (Lipinski definition) is 1. The largest absolute Gasteiger partial charge is 0.479 e. The molecule has 0 saturated carbocycles. The van der Waals surface area contributed by atoms with Gasteiger partial charge in [-0.15, -0.1) is 0 Å². The van der Waals surface area contributed by atoms with Crippen LogP contribution in [0.1, 0.15) is 25.8 Å². The average molecular weight is 301 g/mol. The molecule has 4 heteroatoms. The van der Waals surface area contributed by atoms with Gasteiger partial charge in [-0.05, 0) is 31.0 Å². The first-order chi connectivity index (χ1) is 7.98. The Morgan fingerprint density at radius 3 is 2.47 bits per heavy atom. The number of carboxylic acids is 1. The van der Waals surface area contributed by atoms with Crippen molar-refractivity contribution in [3.05, 3.63) is 34.3 Å². The van der Waals surface area contributed by atoms with Gasteiger partial charge in [0.1, 0.15) is 0 Å². The van der Waals surface area contributed by atoms with Gasteiger partial charge in [-0.1, -0.05) is 35.0 Å². The second-order valence-electron chi connectivity index (χ2n) is 4.19. The quantitative estimate of drug-likeness (QED) is 0.877. The predicted molar refractivity (Wildman–Crippen MR) is 70.1 cm³/mol. The molecular formula is C13H17BrO3. The highest BCUT2D eigenvalue weighted by Gasteiger charge is 2.34. The summed E-state index contributed by atoms with van der Waals surface area (Å²) in [6, 6.07) is 7.61. The fourth-order valence-electron chi connectivity index (χ4n) is 1.51. The molecular weight excluding hydrogens is 284 g/mol. The van der Waals surface area contributed by atoms with Crippen LogP contribution in [0.5, 0.6) is 0 Å².